The summed E-state index contributed by atoms with van der Waals surface area (Å²) in [6, 6.07) is 10.1. The van der Waals surface area contributed by atoms with Crippen molar-refractivity contribution in [1.29, 1.82) is 0 Å². The third kappa shape index (κ3) is 3.23. The number of aromatic nitrogens is 1. The normalized spacial score (nSPS) is 10.6. The molecule has 2 aromatic rings. The number of nitrogens with two attached hydrogens (primary N) is 1. The molecule has 1 heterocycles. The summed E-state index contributed by atoms with van der Waals surface area (Å²) in [5, 5.41) is 2.21. The van der Waals surface area contributed by atoms with Crippen LogP contribution in [0.15, 0.2) is 35.4 Å². The van der Waals surface area contributed by atoms with Gasteiger partial charge >= 0.3 is 5.97 Å². The van der Waals surface area contributed by atoms with Crippen LogP contribution in [0.3, 0.4) is 0 Å². The Balaban J connectivity index is 1.89. The SMILES string of the molecule is NNOC(=O)CCSc1cc2ccccc2[nH]1. The largest absolute Gasteiger partial charge is 0.356 e. The van der Waals surface area contributed by atoms with Gasteiger partial charge in [-0.1, -0.05) is 23.8 Å². The van der Waals surface area contributed by atoms with Crippen molar-refractivity contribution in [3.05, 3.63) is 30.3 Å². The lowest BCUT2D eigenvalue weighted by atomic mass is 10.3. The zero-order valence-corrected chi connectivity index (χ0v) is 9.92. The highest BCUT2D eigenvalue weighted by molar-refractivity contribution is 7.99. The summed E-state index contributed by atoms with van der Waals surface area (Å²) >= 11 is 1.58. The molecule has 0 fully saturated rings. The molecule has 5 nitrogen and oxygen atoms in total. The second-order valence-corrected chi connectivity index (χ2v) is 4.55. The number of fused-ring (bicyclic) bond motifs is 1. The minimum absolute atomic E-state index is 0.310. The molecule has 17 heavy (non-hydrogen) atoms. The van der Waals surface area contributed by atoms with Gasteiger partial charge in [0.2, 0.25) is 0 Å². The van der Waals surface area contributed by atoms with Crippen molar-refractivity contribution in [1.82, 2.24) is 10.6 Å². The first-order valence-corrected chi connectivity index (χ1v) is 6.14. The molecule has 0 aliphatic rings. The highest BCUT2D eigenvalue weighted by Gasteiger charge is 2.04. The Morgan fingerprint density at radius 2 is 2.29 bits per heavy atom. The summed E-state index contributed by atoms with van der Waals surface area (Å²) in [7, 11) is 0. The quantitative estimate of drug-likeness (QED) is 0.427. The molecular formula is C11H13N3O2S. The minimum atomic E-state index is -0.365. The first kappa shape index (κ1) is 12.0. The zero-order valence-electron chi connectivity index (χ0n) is 9.10. The second-order valence-electron chi connectivity index (χ2n) is 3.41. The van der Waals surface area contributed by atoms with Crippen molar-refractivity contribution in [3.8, 4) is 0 Å². The maximum atomic E-state index is 11.0. The van der Waals surface area contributed by atoms with Crippen LogP contribution >= 0.6 is 11.8 Å². The highest BCUT2D eigenvalue weighted by atomic mass is 32.2. The van der Waals surface area contributed by atoms with Gasteiger partial charge in [-0.3, -0.25) is 4.79 Å². The van der Waals surface area contributed by atoms with Crippen molar-refractivity contribution in [2.45, 2.75) is 11.4 Å². The molecule has 0 saturated heterocycles. The molecule has 0 bridgehead atoms. The molecule has 0 aliphatic heterocycles. The summed E-state index contributed by atoms with van der Waals surface area (Å²) in [5.41, 5.74) is 2.97. The molecule has 1 aromatic carbocycles. The van der Waals surface area contributed by atoms with Crippen LogP contribution in [-0.2, 0) is 9.63 Å². The standard InChI is InChI=1S/C11H13N3O2S/c12-14-16-11(15)5-6-17-10-7-8-3-1-2-4-9(8)13-10/h1-4,7,13-14H,5-6,12H2. The number of hydrazine groups is 1. The number of rotatable bonds is 5. The van der Waals surface area contributed by atoms with Gasteiger partial charge in [-0.25, -0.2) is 5.84 Å². The van der Waals surface area contributed by atoms with E-state index >= 15 is 0 Å². The van der Waals surface area contributed by atoms with Gasteiger partial charge in [-0.05, 0) is 12.1 Å². The predicted molar refractivity (Wildman–Crippen MR) is 67.1 cm³/mol. The number of para-hydroxylation sites is 1. The van der Waals surface area contributed by atoms with Gasteiger partial charge < -0.3 is 9.82 Å². The molecule has 4 N–H and O–H groups in total. The Morgan fingerprint density at radius 1 is 1.47 bits per heavy atom. The van der Waals surface area contributed by atoms with E-state index in [-0.39, 0.29) is 5.97 Å². The molecule has 0 aliphatic carbocycles. The van der Waals surface area contributed by atoms with E-state index in [9.17, 15) is 4.79 Å². The molecule has 0 radical (unpaired) electrons. The number of nitrogens with one attached hydrogen (secondary N) is 2. The number of H-pyrrole nitrogens is 1. The van der Waals surface area contributed by atoms with Gasteiger partial charge in [-0.2, -0.15) is 0 Å². The second kappa shape index (κ2) is 5.72. The number of aromatic amines is 1. The van der Waals surface area contributed by atoms with Gasteiger partial charge in [0.05, 0.1) is 11.4 Å². The number of hydrogen-bond acceptors (Lipinski definition) is 5. The summed E-state index contributed by atoms with van der Waals surface area (Å²) in [4.78, 5) is 18.7. The average molecular weight is 251 g/mol. The van der Waals surface area contributed by atoms with Crippen molar-refractivity contribution in [2.75, 3.05) is 5.75 Å². The molecule has 0 saturated carbocycles. The van der Waals surface area contributed by atoms with Gasteiger partial charge in [-0.15, -0.1) is 11.8 Å². The number of thioether (sulfide) groups is 1. The van der Waals surface area contributed by atoms with E-state index in [0.29, 0.717) is 12.2 Å². The molecule has 0 unspecified atom stereocenters. The molecule has 2 rings (SSSR count). The lowest BCUT2D eigenvalue weighted by Crippen LogP contribution is -2.26. The third-order valence-electron chi connectivity index (χ3n) is 2.24. The van der Waals surface area contributed by atoms with Crippen molar-refractivity contribution < 1.29 is 9.63 Å². The predicted octanol–water partition coefficient (Wildman–Crippen LogP) is 1.57. The smallest absolute Gasteiger partial charge is 0.327 e. The highest BCUT2D eigenvalue weighted by Crippen LogP contribution is 2.23. The molecule has 6 heteroatoms. The maximum Gasteiger partial charge on any atom is 0.327 e. The van der Waals surface area contributed by atoms with Crippen LogP contribution in [0, 0.1) is 0 Å². The Hall–Kier alpha value is -1.50. The summed E-state index contributed by atoms with van der Waals surface area (Å²) in [6.45, 7) is 0. The van der Waals surface area contributed by atoms with E-state index < -0.39 is 0 Å². The van der Waals surface area contributed by atoms with Crippen LogP contribution < -0.4 is 11.4 Å². The van der Waals surface area contributed by atoms with Crippen molar-refractivity contribution >= 4 is 28.6 Å². The number of benzene rings is 1. The van der Waals surface area contributed by atoms with Crippen LogP contribution in [0.5, 0.6) is 0 Å². The topological polar surface area (TPSA) is 80.1 Å². The first-order valence-electron chi connectivity index (χ1n) is 5.15. The zero-order chi connectivity index (χ0) is 12.1. The fraction of sp³-hybridized carbons (Fsp3) is 0.182. The number of carbonyl (C=O) groups is 1. The van der Waals surface area contributed by atoms with Gasteiger partial charge in [0.15, 0.2) is 0 Å². The summed E-state index contributed by atoms with van der Waals surface area (Å²) in [5.74, 6) is 5.14. The minimum Gasteiger partial charge on any atom is -0.356 e. The number of hydrogen-bond donors (Lipinski definition) is 3. The van der Waals surface area contributed by atoms with E-state index in [0.717, 1.165) is 10.5 Å². The van der Waals surface area contributed by atoms with Crippen LogP contribution in [0.1, 0.15) is 6.42 Å². The van der Waals surface area contributed by atoms with Crippen molar-refractivity contribution in [2.24, 2.45) is 5.84 Å². The fourth-order valence-electron chi connectivity index (χ4n) is 1.49. The Morgan fingerprint density at radius 3 is 3.06 bits per heavy atom. The van der Waals surface area contributed by atoms with Gasteiger partial charge in [0.1, 0.15) is 0 Å². The average Bonchev–Trinajstić information content (AvgIpc) is 2.71. The summed E-state index contributed by atoms with van der Waals surface area (Å²) in [6.07, 6.45) is 0.310. The number of carbonyl (C=O) groups excluding carboxylic acids is 1. The third-order valence-corrected chi connectivity index (χ3v) is 3.18. The van der Waals surface area contributed by atoms with E-state index in [4.69, 9.17) is 5.84 Å². The molecule has 90 valence electrons. The monoisotopic (exact) mass is 251 g/mol. The molecule has 0 amide bonds. The summed E-state index contributed by atoms with van der Waals surface area (Å²) < 4.78 is 0. The van der Waals surface area contributed by atoms with Gasteiger partial charge in [0, 0.05) is 16.7 Å². The lowest BCUT2D eigenvalue weighted by molar-refractivity contribution is -0.150. The van der Waals surface area contributed by atoms with Crippen LogP contribution in [0.4, 0.5) is 0 Å². The van der Waals surface area contributed by atoms with Crippen LogP contribution in [0.25, 0.3) is 10.9 Å². The fourth-order valence-corrected chi connectivity index (χ4v) is 2.37. The molecule has 0 spiro atoms. The van der Waals surface area contributed by atoms with Crippen LogP contribution in [-0.4, -0.2) is 16.7 Å². The Bertz CT molecular complexity index is 479. The van der Waals surface area contributed by atoms with E-state index in [1.165, 1.54) is 5.39 Å². The van der Waals surface area contributed by atoms with Gasteiger partial charge in [0.25, 0.3) is 0 Å². The molecular weight excluding hydrogens is 238 g/mol. The van der Waals surface area contributed by atoms with Crippen molar-refractivity contribution in [3.63, 3.8) is 0 Å². The van der Waals surface area contributed by atoms with E-state index in [1.54, 1.807) is 11.8 Å². The first-order chi connectivity index (χ1) is 8.29. The molecule has 0 atom stereocenters. The maximum absolute atomic E-state index is 11.0. The Kier molecular flexibility index (Phi) is 4.03. The Labute approximate surface area is 103 Å². The van der Waals surface area contributed by atoms with E-state index in [2.05, 4.69) is 15.9 Å². The lowest BCUT2D eigenvalue weighted by Gasteiger charge is -1.99. The van der Waals surface area contributed by atoms with Crippen LogP contribution in [0.2, 0.25) is 0 Å². The van der Waals surface area contributed by atoms with E-state index in [1.807, 2.05) is 29.9 Å². The molecule has 1 aromatic heterocycles.